The van der Waals surface area contributed by atoms with Crippen molar-refractivity contribution in [3.8, 4) is 23.0 Å². The Balaban J connectivity index is 1.04. The Morgan fingerprint density at radius 2 is 1.60 bits per heavy atom. The normalized spacial score (nSPS) is 18.3. The van der Waals surface area contributed by atoms with E-state index in [1.54, 1.807) is 31.3 Å². The van der Waals surface area contributed by atoms with Crippen molar-refractivity contribution >= 4 is 24.0 Å². The first-order valence-electron chi connectivity index (χ1n) is 14.5. The zero-order valence-electron chi connectivity index (χ0n) is 24.9. The molecule has 10 nitrogen and oxygen atoms in total. The number of hydrogen-bond donors (Lipinski definition) is 1. The average Bonchev–Trinajstić information content (AvgIpc) is 3.50. The van der Waals surface area contributed by atoms with Crippen molar-refractivity contribution in [2.24, 2.45) is 9.98 Å². The van der Waals surface area contributed by atoms with E-state index in [0.717, 1.165) is 47.7 Å². The van der Waals surface area contributed by atoms with Gasteiger partial charge in [0.1, 0.15) is 0 Å². The summed E-state index contributed by atoms with van der Waals surface area (Å²) in [5.74, 6) is 2.19. The number of rotatable bonds is 10. The van der Waals surface area contributed by atoms with Crippen LogP contribution in [0.2, 0.25) is 0 Å². The molecule has 0 saturated carbocycles. The molecule has 0 spiro atoms. The number of hydrogen-bond acceptors (Lipinski definition) is 9. The molecule has 2 aromatic rings. The van der Waals surface area contributed by atoms with Crippen molar-refractivity contribution in [3.05, 3.63) is 75.5 Å². The number of aliphatic hydroxyl groups excluding tert-OH is 1. The summed E-state index contributed by atoms with van der Waals surface area (Å²) >= 11 is 0. The maximum Gasteiger partial charge on any atom is 0.260 e. The van der Waals surface area contributed by atoms with Crippen molar-refractivity contribution in [2.75, 3.05) is 27.4 Å². The van der Waals surface area contributed by atoms with Gasteiger partial charge in [-0.05, 0) is 51.7 Å². The molecular formula is C33H36N4O6. The molecule has 0 fully saturated rings. The summed E-state index contributed by atoms with van der Waals surface area (Å²) in [5, 5.41) is 12.0. The standard InChI is InChI=1S/C33H36N4O6/c1-20-10-23-16-34-26-15-31(29(41-4)13-24(26)33(39)37(23)18-20)43-9-7-5-6-8-42-30-14-25-22(12-28(30)40-3)19-36-17-21(2)11-27(36)32(38)35-25/h12-19,23,38H,5-11H2,1-4H3/t23-/m0/s1. The van der Waals surface area contributed by atoms with Crippen LogP contribution in [0, 0.1) is 0 Å². The number of benzene rings is 2. The fourth-order valence-corrected chi connectivity index (χ4v) is 5.69. The minimum absolute atomic E-state index is 0.0105. The molecule has 1 N–H and O–H groups in total. The van der Waals surface area contributed by atoms with Gasteiger partial charge in [0.15, 0.2) is 23.0 Å². The molecule has 0 saturated heterocycles. The van der Waals surface area contributed by atoms with Crippen LogP contribution in [0.25, 0.3) is 6.20 Å². The van der Waals surface area contributed by atoms with Crippen LogP contribution in [0.5, 0.6) is 23.0 Å². The average molecular weight is 585 g/mol. The first-order valence-corrected chi connectivity index (χ1v) is 14.5. The van der Waals surface area contributed by atoms with Crippen LogP contribution in [0.3, 0.4) is 0 Å². The highest BCUT2D eigenvalue weighted by Gasteiger charge is 2.32. The van der Waals surface area contributed by atoms with Gasteiger partial charge in [-0.3, -0.25) is 9.79 Å². The molecule has 0 bridgehead atoms. The molecular weight excluding hydrogens is 548 g/mol. The number of allylic oxidation sites excluding steroid dienone is 1. The van der Waals surface area contributed by atoms with Crippen LogP contribution in [0.1, 0.15) is 56.3 Å². The fraction of sp³-hybridized carbons (Fsp3) is 0.364. The van der Waals surface area contributed by atoms with Gasteiger partial charge in [-0.2, -0.15) is 0 Å². The molecule has 0 radical (unpaired) electrons. The van der Waals surface area contributed by atoms with Crippen LogP contribution >= 0.6 is 0 Å². The Morgan fingerprint density at radius 1 is 0.884 bits per heavy atom. The maximum atomic E-state index is 13.2. The third-order valence-corrected chi connectivity index (χ3v) is 7.88. The Hall–Kier alpha value is -4.73. The zero-order chi connectivity index (χ0) is 30.1. The molecule has 4 aliphatic heterocycles. The predicted molar refractivity (Wildman–Crippen MR) is 162 cm³/mol. The van der Waals surface area contributed by atoms with Crippen molar-refractivity contribution in [1.29, 1.82) is 0 Å². The summed E-state index contributed by atoms with van der Waals surface area (Å²) in [5.41, 5.74) is 4.16. The number of fused-ring (bicyclic) bond motifs is 4. The molecule has 43 heavy (non-hydrogen) atoms. The van der Waals surface area contributed by atoms with Gasteiger partial charge in [0, 0.05) is 48.6 Å². The van der Waals surface area contributed by atoms with Gasteiger partial charge in [-0.25, -0.2) is 4.99 Å². The Kier molecular flexibility index (Phi) is 7.84. The monoisotopic (exact) mass is 584 g/mol. The lowest BCUT2D eigenvalue weighted by Crippen LogP contribution is -2.32. The van der Waals surface area contributed by atoms with E-state index in [9.17, 15) is 9.90 Å². The summed E-state index contributed by atoms with van der Waals surface area (Å²) in [4.78, 5) is 25.9. The molecule has 6 rings (SSSR count). The number of carbonyl (C=O) groups is 1. The lowest BCUT2D eigenvalue weighted by atomic mass is 10.1. The lowest BCUT2D eigenvalue weighted by Gasteiger charge is -2.19. The number of aliphatic imine (C=N–C) groups is 1. The molecule has 0 unspecified atom stereocenters. The maximum absolute atomic E-state index is 13.2. The summed E-state index contributed by atoms with van der Waals surface area (Å²) in [6.45, 7) is 5.02. The van der Waals surface area contributed by atoms with Crippen LogP contribution in [-0.4, -0.2) is 60.5 Å². The molecule has 4 aliphatic rings. The SMILES string of the molecule is COc1cc2c(cc1OCCCCCOc1cc3c(cc1OC)=CN1C=C(C)CC1=C(O)N=3)N=C[C@@H]1CC(C)=CN1C2=O. The number of aliphatic hydroxyl groups is 1. The summed E-state index contributed by atoms with van der Waals surface area (Å²) in [6.07, 6.45) is 11.6. The van der Waals surface area contributed by atoms with Crippen molar-refractivity contribution in [2.45, 2.75) is 52.0 Å². The molecule has 0 aromatic heterocycles. The molecule has 4 heterocycles. The zero-order valence-corrected chi connectivity index (χ0v) is 24.9. The van der Waals surface area contributed by atoms with Gasteiger partial charge in [0.2, 0.25) is 5.88 Å². The van der Waals surface area contributed by atoms with Gasteiger partial charge in [0.25, 0.3) is 5.91 Å². The number of carbonyl (C=O) groups excluding carboxylic acids is 1. The first-order chi connectivity index (χ1) is 20.8. The second-order valence-corrected chi connectivity index (χ2v) is 11.1. The minimum Gasteiger partial charge on any atom is -0.493 e. The Labute approximate surface area is 250 Å². The molecule has 2 aromatic carbocycles. The molecule has 1 atom stereocenters. The van der Waals surface area contributed by atoms with Gasteiger partial charge in [-0.15, -0.1) is 0 Å². The Morgan fingerprint density at radius 3 is 2.35 bits per heavy atom. The lowest BCUT2D eigenvalue weighted by molar-refractivity contribution is 0.0817. The van der Waals surface area contributed by atoms with E-state index in [4.69, 9.17) is 18.9 Å². The third-order valence-electron chi connectivity index (χ3n) is 7.88. The summed E-state index contributed by atoms with van der Waals surface area (Å²) < 4.78 is 23.3. The van der Waals surface area contributed by atoms with Gasteiger partial charge in [-0.1, -0.05) is 11.1 Å². The second-order valence-electron chi connectivity index (χ2n) is 11.1. The highest BCUT2D eigenvalue weighted by molar-refractivity contribution is 6.04. The fourth-order valence-electron chi connectivity index (χ4n) is 5.69. The van der Waals surface area contributed by atoms with E-state index in [2.05, 4.69) is 9.98 Å². The van der Waals surface area contributed by atoms with Crippen LogP contribution in [0.4, 0.5) is 5.69 Å². The topological polar surface area (TPSA) is 105 Å². The van der Waals surface area contributed by atoms with E-state index >= 15 is 0 Å². The van der Waals surface area contributed by atoms with E-state index in [0.29, 0.717) is 59.2 Å². The first kappa shape index (κ1) is 28.4. The van der Waals surface area contributed by atoms with E-state index < -0.39 is 0 Å². The molecule has 10 heteroatoms. The van der Waals surface area contributed by atoms with Crippen molar-refractivity contribution in [1.82, 2.24) is 9.80 Å². The summed E-state index contributed by atoms with van der Waals surface area (Å²) in [6, 6.07) is 7.14. The number of ether oxygens (including phenoxy) is 4. The van der Waals surface area contributed by atoms with Gasteiger partial charge in [0.05, 0.1) is 55.8 Å². The number of amides is 1. The summed E-state index contributed by atoms with van der Waals surface area (Å²) in [7, 11) is 3.18. The number of methoxy groups -OCH3 is 2. The molecule has 1 amide bonds. The minimum atomic E-state index is -0.0847. The molecule has 224 valence electrons. The highest BCUT2D eigenvalue weighted by atomic mass is 16.5. The highest BCUT2D eigenvalue weighted by Crippen LogP contribution is 2.38. The third kappa shape index (κ3) is 5.69. The van der Waals surface area contributed by atoms with Crippen LogP contribution < -0.4 is 29.5 Å². The smallest absolute Gasteiger partial charge is 0.260 e. The predicted octanol–water partition coefficient (Wildman–Crippen LogP) is 4.87. The quantitative estimate of drug-likeness (QED) is 0.397. The van der Waals surface area contributed by atoms with E-state index in [1.807, 2.05) is 55.7 Å². The molecule has 0 aliphatic carbocycles. The van der Waals surface area contributed by atoms with Gasteiger partial charge >= 0.3 is 0 Å². The van der Waals surface area contributed by atoms with Crippen molar-refractivity contribution < 1.29 is 28.8 Å². The number of nitrogens with zero attached hydrogens (tertiary/aromatic N) is 4. The Bertz CT molecular complexity index is 1710. The van der Waals surface area contributed by atoms with Crippen LogP contribution in [-0.2, 0) is 0 Å². The van der Waals surface area contributed by atoms with E-state index in [-0.39, 0.29) is 17.8 Å². The number of unbranched alkanes of at least 4 members (excludes halogenated alkanes) is 2. The largest absolute Gasteiger partial charge is 0.493 e. The van der Waals surface area contributed by atoms with Gasteiger partial charge < -0.3 is 33.9 Å². The van der Waals surface area contributed by atoms with E-state index in [1.165, 1.54) is 0 Å². The van der Waals surface area contributed by atoms with Crippen LogP contribution in [0.15, 0.2) is 69.4 Å². The van der Waals surface area contributed by atoms with Crippen molar-refractivity contribution in [3.63, 3.8) is 0 Å². The second kappa shape index (κ2) is 11.9.